The molecule has 0 aliphatic heterocycles. The van der Waals surface area contributed by atoms with Crippen LogP contribution in [0.25, 0.3) is 17.0 Å². The molecule has 0 bridgehead atoms. The van der Waals surface area contributed by atoms with Gasteiger partial charge < -0.3 is 9.52 Å². The Balaban J connectivity index is 1.86. The zero-order chi connectivity index (χ0) is 14.8. The Morgan fingerprint density at radius 3 is 2.81 bits per heavy atom. The zero-order valence-electron chi connectivity index (χ0n) is 10.9. The van der Waals surface area contributed by atoms with Gasteiger partial charge in [0.2, 0.25) is 5.78 Å². The summed E-state index contributed by atoms with van der Waals surface area (Å²) in [5, 5.41) is 10.8. The van der Waals surface area contributed by atoms with Gasteiger partial charge in [-0.15, -0.1) is 0 Å². The van der Waals surface area contributed by atoms with Crippen molar-refractivity contribution in [2.75, 3.05) is 0 Å². The van der Waals surface area contributed by atoms with E-state index in [1.54, 1.807) is 54.6 Å². The summed E-state index contributed by atoms with van der Waals surface area (Å²) in [4.78, 5) is 12.1. The molecular formula is C17H11ClO3. The number of aromatic hydroxyl groups is 1. The van der Waals surface area contributed by atoms with Crippen LogP contribution in [0, 0.1) is 0 Å². The number of phenols is 1. The Labute approximate surface area is 126 Å². The number of carbonyl (C=O) groups is 1. The quantitative estimate of drug-likeness (QED) is 0.564. The molecule has 3 rings (SSSR count). The number of hydrogen-bond acceptors (Lipinski definition) is 3. The lowest BCUT2D eigenvalue weighted by Crippen LogP contribution is -1.90. The van der Waals surface area contributed by atoms with Gasteiger partial charge in [-0.2, -0.15) is 0 Å². The van der Waals surface area contributed by atoms with Crippen molar-refractivity contribution in [3.8, 4) is 5.75 Å². The highest BCUT2D eigenvalue weighted by atomic mass is 35.5. The summed E-state index contributed by atoms with van der Waals surface area (Å²) >= 11 is 5.90. The van der Waals surface area contributed by atoms with E-state index >= 15 is 0 Å². The lowest BCUT2D eigenvalue weighted by molar-refractivity contribution is 0.102. The molecule has 0 saturated heterocycles. The smallest absolute Gasteiger partial charge is 0.221 e. The van der Waals surface area contributed by atoms with Crippen LogP contribution in [-0.4, -0.2) is 10.9 Å². The van der Waals surface area contributed by atoms with Gasteiger partial charge in [-0.05, 0) is 48.0 Å². The molecule has 1 N–H and O–H groups in total. The highest BCUT2D eigenvalue weighted by Gasteiger charge is 2.09. The van der Waals surface area contributed by atoms with Crippen LogP contribution in [0.5, 0.6) is 5.75 Å². The fraction of sp³-hybridized carbons (Fsp3) is 0. The van der Waals surface area contributed by atoms with Gasteiger partial charge in [0, 0.05) is 10.4 Å². The first-order valence-corrected chi connectivity index (χ1v) is 6.70. The molecule has 0 aliphatic carbocycles. The Morgan fingerprint density at radius 1 is 1.14 bits per heavy atom. The van der Waals surface area contributed by atoms with E-state index < -0.39 is 0 Å². The fourth-order valence-corrected chi connectivity index (χ4v) is 2.20. The van der Waals surface area contributed by atoms with Crippen molar-refractivity contribution in [1.29, 1.82) is 0 Å². The molecule has 3 nitrogen and oxygen atoms in total. The van der Waals surface area contributed by atoms with Crippen LogP contribution in [0.2, 0.25) is 5.02 Å². The van der Waals surface area contributed by atoms with Gasteiger partial charge in [-0.1, -0.05) is 29.8 Å². The van der Waals surface area contributed by atoms with Crippen molar-refractivity contribution >= 4 is 34.4 Å². The highest BCUT2D eigenvalue weighted by Crippen LogP contribution is 2.23. The van der Waals surface area contributed by atoms with E-state index in [2.05, 4.69) is 0 Å². The summed E-state index contributed by atoms with van der Waals surface area (Å²) in [7, 11) is 0. The van der Waals surface area contributed by atoms with Crippen molar-refractivity contribution in [1.82, 2.24) is 0 Å². The van der Waals surface area contributed by atoms with Crippen molar-refractivity contribution in [2.45, 2.75) is 0 Å². The molecule has 0 spiro atoms. The summed E-state index contributed by atoms with van der Waals surface area (Å²) in [6.45, 7) is 0. The molecule has 0 radical (unpaired) electrons. The fourth-order valence-electron chi connectivity index (χ4n) is 2.02. The van der Waals surface area contributed by atoms with Crippen LogP contribution >= 0.6 is 11.6 Å². The normalized spacial score (nSPS) is 11.3. The Kier molecular flexibility index (Phi) is 3.50. The zero-order valence-corrected chi connectivity index (χ0v) is 11.7. The molecule has 0 amide bonds. The Morgan fingerprint density at radius 2 is 2.00 bits per heavy atom. The van der Waals surface area contributed by atoms with E-state index in [4.69, 9.17) is 16.0 Å². The van der Waals surface area contributed by atoms with Gasteiger partial charge >= 0.3 is 0 Å². The lowest BCUT2D eigenvalue weighted by atomic mass is 10.1. The minimum Gasteiger partial charge on any atom is -0.508 e. The predicted molar refractivity (Wildman–Crippen MR) is 82.7 cm³/mol. The van der Waals surface area contributed by atoms with E-state index in [-0.39, 0.29) is 17.3 Å². The van der Waals surface area contributed by atoms with Crippen LogP contribution in [0.3, 0.4) is 0 Å². The molecule has 21 heavy (non-hydrogen) atoms. The molecular weight excluding hydrogens is 288 g/mol. The number of benzene rings is 2. The first-order chi connectivity index (χ1) is 10.1. The van der Waals surface area contributed by atoms with E-state index in [0.717, 1.165) is 10.9 Å². The van der Waals surface area contributed by atoms with Crippen molar-refractivity contribution in [3.63, 3.8) is 0 Å². The molecule has 0 fully saturated rings. The number of rotatable bonds is 3. The number of phenolic OH excluding ortho intramolecular Hbond substituents is 1. The first-order valence-electron chi connectivity index (χ1n) is 6.32. The maximum atomic E-state index is 12.1. The minimum absolute atomic E-state index is 0.156. The second-order valence-electron chi connectivity index (χ2n) is 4.59. The van der Waals surface area contributed by atoms with Crippen molar-refractivity contribution in [2.24, 2.45) is 0 Å². The second-order valence-corrected chi connectivity index (χ2v) is 5.02. The summed E-state index contributed by atoms with van der Waals surface area (Å²) in [6.07, 6.45) is 3.04. The maximum Gasteiger partial charge on any atom is 0.221 e. The van der Waals surface area contributed by atoms with Crippen LogP contribution in [0.4, 0.5) is 0 Å². The first kappa shape index (κ1) is 13.5. The minimum atomic E-state index is -0.245. The van der Waals surface area contributed by atoms with E-state index in [1.807, 2.05) is 0 Å². The van der Waals surface area contributed by atoms with Crippen molar-refractivity contribution < 1.29 is 14.3 Å². The monoisotopic (exact) mass is 298 g/mol. The SMILES string of the molecule is O=C(C=Cc1cccc(O)c1)c1cc2cc(Cl)ccc2o1. The van der Waals surface area contributed by atoms with E-state index in [0.29, 0.717) is 10.6 Å². The third-order valence-corrected chi connectivity index (χ3v) is 3.25. The average molecular weight is 299 g/mol. The summed E-state index contributed by atoms with van der Waals surface area (Å²) in [6, 6.07) is 13.5. The molecule has 104 valence electrons. The van der Waals surface area contributed by atoms with Crippen LogP contribution in [-0.2, 0) is 0 Å². The lowest BCUT2D eigenvalue weighted by Gasteiger charge is -1.94. The van der Waals surface area contributed by atoms with Crippen LogP contribution < -0.4 is 0 Å². The van der Waals surface area contributed by atoms with Gasteiger partial charge in [-0.25, -0.2) is 0 Å². The Hall–Kier alpha value is -2.52. The number of furan rings is 1. The molecule has 0 atom stereocenters. The third kappa shape index (κ3) is 2.98. The van der Waals surface area contributed by atoms with Crippen LogP contribution in [0.1, 0.15) is 16.1 Å². The summed E-state index contributed by atoms with van der Waals surface area (Å²) < 4.78 is 5.49. The standard InChI is InChI=1S/C17H11ClO3/c18-13-5-7-16-12(9-13)10-17(21-16)15(20)6-4-11-2-1-3-14(19)8-11/h1-10,19H. The topological polar surface area (TPSA) is 50.4 Å². The van der Waals surface area contributed by atoms with Gasteiger partial charge in [0.15, 0.2) is 5.76 Å². The highest BCUT2D eigenvalue weighted by molar-refractivity contribution is 6.31. The third-order valence-electron chi connectivity index (χ3n) is 3.02. The molecule has 0 saturated carbocycles. The van der Waals surface area contributed by atoms with Gasteiger partial charge in [0.1, 0.15) is 11.3 Å². The van der Waals surface area contributed by atoms with E-state index in [9.17, 15) is 9.90 Å². The summed E-state index contributed by atoms with van der Waals surface area (Å²) in [5.74, 6) is 0.164. The Bertz CT molecular complexity index is 846. The number of halogens is 1. The molecule has 0 unspecified atom stereocenters. The predicted octanol–water partition coefficient (Wildman–Crippen LogP) is 4.69. The average Bonchev–Trinajstić information content (AvgIpc) is 2.88. The number of fused-ring (bicyclic) bond motifs is 1. The number of ketones is 1. The number of carbonyl (C=O) groups excluding carboxylic acids is 1. The molecule has 1 heterocycles. The molecule has 3 aromatic rings. The number of hydrogen-bond donors (Lipinski definition) is 1. The maximum absolute atomic E-state index is 12.1. The van der Waals surface area contributed by atoms with Crippen LogP contribution in [0.15, 0.2) is 59.0 Å². The molecule has 1 aromatic heterocycles. The molecule has 2 aromatic carbocycles. The van der Waals surface area contributed by atoms with Crippen molar-refractivity contribution in [3.05, 3.63) is 71.0 Å². The number of allylic oxidation sites excluding steroid dienone is 1. The van der Waals surface area contributed by atoms with Gasteiger partial charge in [-0.3, -0.25) is 4.79 Å². The van der Waals surface area contributed by atoms with E-state index in [1.165, 1.54) is 6.08 Å². The molecule has 0 aliphatic rings. The van der Waals surface area contributed by atoms with Gasteiger partial charge in [0.25, 0.3) is 0 Å². The molecule has 4 heteroatoms. The largest absolute Gasteiger partial charge is 0.508 e. The second kappa shape index (κ2) is 5.46. The summed E-state index contributed by atoms with van der Waals surface area (Å²) in [5.41, 5.74) is 1.36. The van der Waals surface area contributed by atoms with Gasteiger partial charge in [0.05, 0.1) is 0 Å².